The Morgan fingerprint density at radius 1 is 1.14 bits per heavy atom. The number of hydrogen-bond donors (Lipinski definition) is 0. The van der Waals surface area contributed by atoms with Gasteiger partial charge in [0.1, 0.15) is 10.1 Å². The summed E-state index contributed by atoms with van der Waals surface area (Å²) in [6.45, 7) is 0. The largest absolute Gasteiger partial charge is 0.365 e. The number of nitrogens with zero attached hydrogens (tertiary/aromatic N) is 1. The maximum atomic E-state index is 13.0. The van der Waals surface area contributed by atoms with Crippen molar-refractivity contribution in [3.63, 3.8) is 0 Å². The van der Waals surface area contributed by atoms with Crippen molar-refractivity contribution >= 4 is 18.2 Å². The molecular formula is C16H13NO4S. The fourth-order valence-electron chi connectivity index (χ4n) is 4.19. The van der Waals surface area contributed by atoms with Gasteiger partial charge in [-0.3, -0.25) is 0 Å². The highest BCUT2D eigenvalue weighted by Crippen LogP contribution is 2.60. The summed E-state index contributed by atoms with van der Waals surface area (Å²) in [5.74, 6) is -0.364. The second kappa shape index (κ2) is 4.16. The average molecular weight is 315 g/mol. The van der Waals surface area contributed by atoms with E-state index in [0.717, 1.165) is 0 Å². The van der Waals surface area contributed by atoms with E-state index in [1.165, 1.54) is 4.73 Å². The maximum Gasteiger partial charge on any atom is 0.345 e. The zero-order chi connectivity index (χ0) is 14.9. The van der Waals surface area contributed by atoms with Gasteiger partial charge in [-0.25, -0.2) is 4.79 Å². The first-order valence-corrected chi connectivity index (χ1v) is 7.70. The molecule has 6 heteroatoms. The van der Waals surface area contributed by atoms with Crippen LogP contribution in [0.25, 0.3) is 0 Å². The van der Waals surface area contributed by atoms with Crippen molar-refractivity contribution < 1.29 is 19.1 Å². The first-order chi connectivity index (χ1) is 10.7. The molecule has 4 atom stereocenters. The molecule has 0 N–H and O–H groups in total. The number of ether oxygens (including phenoxy) is 2. The van der Waals surface area contributed by atoms with Gasteiger partial charge < -0.3 is 14.3 Å². The highest BCUT2D eigenvalue weighted by molar-refractivity contribution is 7.71. The van der Waals surface area contributed by atoms with E-state index in [2.05, 4.69) is 0 Å². The third-order valence-electron chi connectivity index (χ3n) is 5.08. The molecule has 22 heavy (non-hydrogen) atoms. The minimum absolute atomic E-state index is 0.0251. The average Bonchev–Trinajstić information content (AvgIpc) is 3.28. The molecule has 2 saturated heterocycles. The highest BCUT2D eigenvalue weighted by atomic mass is 32.1. The fraction of sp³-hybridized carbons (Fsp3) is 0.375. The van der Waals surface area contributed by atoms with E-state index in [0.29, 0.717) is 4.64 Å². The van der Waals surface area contributed by atoms with Crippen LogP contribution in [0.15, 0.2) is 48.7 Å². The first kappa shape index (κ1) is 12.8. The van der Waals surface area contributed by atoms with Gasteiger partial charge in [-0.1, -0.05) is 42.6 Å². The second-order valence-corrected chi connectivity index (χ2v) is 6.43. The Morgan fingerprint density at radius 3 is 2.45 bits per heavy atom. The summed E-state index contributed by atoms with van der Waals surface area (Å²) in [5, 5.41) is 0. The molecular weight excluding hydrogens is 302 g/mol. The van der Waals surface area contributed by atoms with Crippen molar-refractivity contribution in [3.8, 4) is 0 Å². The van der Waals surface area contributed by atoms with Gasteiger partial charge in [0.15, 0.2) is 0 Å². The van der Waals surface area contributed by atoms with E-state index in [1.54, 1.807) is 24.4 Å². The van der Waals surface area contributed by atoms with E-state index < -0.39 is 5.41 Å². The lowest BCUT2D eigenvalue weighted by atomic mass is 9.63. The van der Waals surface area contributed by atoms with Crippen molar-refractivity contribution in [2.24, 2.45) is 11.3 Å². The lowest BCUT2D eigenvalue weighted by Gasteiger charge is -2.35. The Balaban J connectivity index is 1.57. The predicted octanol–water partition coefficient (Wildman–Crippen LogP) is 1.45. The molecule has 5 heterocycles. The van der Waals surface area contributed by atoms with Crippen molar-refractivity contribution in [1.29, 1.82) is 0 Å². The van der Waals surface area contributed by atoms with Crippen molar-refractivity contribution in [2.75, 3.05) is 0 Å². The van der Waals surface area contributed by atoms with Gasteiger partial charge >= 0.3 is 5.97 Å². The third kappa shape index (κ3) is 1.36. The summed E-state index contributed by atoms with van der Waals surface area (Å²) in [7, 11) is 0. The topological polar surface area (TPSA) is 49.7 Å². The van der Waals surface area contributed by atoms with Crippen molar-refractivity contribution in [3.05, 3.63) is 53.3 Å². The normalized spacial score (nSPS) is 42.8. The summed E-state index contributed by atoms with van der Waals surface area (Å²) in [6.07, 6.45) is 8.82. The molecule has 1 aromatic rings. The molecule has 2 fully saturated rings. The van der Waals surface area contributed by atoms with E-state index in [1.807, 2.05) is 24.3 Å². The Morgan fingerprint density at radius 2 is 1.82 bits per heavy atom. The van der Waals surface area contributed by atoms with E-state index in [4.69, 9.17) is 26.5 Å². The van der Waals surface area contributed by atoms with Crippen LogP contribution in [-0.2, 0) is 14.3 Å². The zero-order valence-electron chi connectivity index (χ0n) is 11.5. The first-order valence-electron chi connectivity index (χ1n) is 7.29. The molecule has 112 valence electrons. The van der Waals surface area contributed by atoms with Gasteiger partial charge in [-0.2, -0.15) is 4.73 Å². The molecule has 4 aliphatic heterocycles. The smallest absolute Gasteiger partial charge is 0.345 e. The summed E-state index contributed by atoms with van der Waals surface area (Å²) < 4.78 is 13.7. The summed E-state index contributed by atoms with van der Waals surface area (Å²) >= 11 is 5.19. The Bertz CT molecular complexity index is 754. The van der Waals surface area contributed by atoms with E-state index in [9.17, 15) is 4.79 Å². The van der Waals surface area contributed by atoms with Gasteiger partial charge in [0.2, 0.25) is 0 Å². The quantitative estimate of drug-likeness (QED) is 0.611. The van der Waals surface area contributed by atoms with Crippen LogP contribution in [0.3, 0.4) is 0 Å². The molecule has 0 saturated carbocycles. The van der Waals surface area contributed by atoms with Crippen LogP contribution < -0.4 is 4.84 Å². The lowest BCUT2D eigenvalue weighted by Crippen LogP contribution is -2.54. The van der Waals surface area contributed by atoms with Crippen molar-refractivity contribution in [1.82, 2.24) is 4.73 Å². The van der Waals surface area contributed by atoms with Crippen LogP contribution >= 0.6 is 12.2 Å². The highest BCUT2D eigenvalue weighted by Gasteiger charge is 2.74. The van der Waals surface area contributed by atoms with E-state index in [-0.39, 0.29) is 36.3 Å². The van der Waals surface area contributed by atoms with Crippen LogP contribution in [0, 0.1) is 16.0 Å². The summed E-state index contributed by atoms with van der Waals surface area (Å²) in [4.78, 5) is 18.6. The van der Waals surface area contributed by atoms with Gasteiger partial charge in [0, 0.05) is 12.1 Å². The van der Waals surface area contributed by atoms with Crippen LogP contribution in [-0.4, -0.2) is 35.1 Å². The summed E-state index contributed by atoms with van der Waals surface area (Å²) in [5.41, 5.74) is -0.802. The maximum absolute atomic E-state index is 13.0. The van der Waals surface area contributed by atoms with Gasteiger partial charge in [-0.15, -0.1) is 0 Å². The van der Waals surface area contributed by atoms with Gasteiger partial charge in [0.25, 0.3) is 0 Å². The molecule has 0 unspecified atom stereocenters. The lowest BCUT2D eigenvalue weighted by molar-refractivity contribution is -0.162. The molecule has 5 nitrogen and oxygen atoms in total. The zero-order valence-corrected chi connectivity index (χ0v) is 12.3. The Kier molecular flexibility index (Phi) is 2.41. The Labute approximate surface area is 131 Å². The minimum Gasteiger partial charge on any atom is -0.365 e. The second-order valence-electron chi connectivity index (χ2n) is 6.01. The molecule has 0 aromatic carbocycles. The van der Waals surface area contributed by atoms with Crippen LogP contribution in [0.1, 0.15) is 0 Å². The SMILES string of the molecule is O=C(On1ccccc1=S)C12C([C@H]3C=C[C@@H]1O3)[C@H]1C=C[C@@H]2O1. The van der Waals surface area contributed by atoms with Gasteiger partial charge in [0.05, 0.1) is 24.4 Å². The molecule has 0 aliphatic carbocycles. The molecule has 4 aliphatic rings. The molecule has 0 spiro atoms. The standard InChI is InChI=1S/C16H13NO4S/c18-15(21-17-8-2-1-3-13(17)22)16-11-6-4-9(19-11)14(16)10-5-7-12(16)20-10/h1-12,14H/t9-,10-,11+,12+,14?,16?/m1/s1. The number of carbonyl (C=O) groups excluding carboxylic acids is 1. The van der Waals surface area contributed by atoms with Crippen LogP contribution in [0.4, 0.5) is 0 Å². The number of hydrogen-bond acceptors (Lipinski definition) is 5. The number of carbonyl (C=O) groups is 1. The molecule has 0 amide bonds. The third-order valence-corrected chi connectivity index (χ3v) is 5.40. The minimum atomic E-state index is -0.802. The van der Waals surface area contributed by atoms with Crippen LogP contribution in [0.5, 0.6) is 0 Å². The molecule has 0 radical (unpaired) electrons. The summed E-state index contributed by atoms with van der Waals surface area (Å²) in [6, 6.07) is 5.29. The molecule has 4 bridgehead atoms. The van der Waals surface area contributed by atoms with Crippen molar-refractivity contribution in [2.45, 2.75) is 24.4 Å². The fourth-order valence-corrected chi connectivity index (χ4v) is 4.37. The predicted molar refractivity (Wildman–Crippen MR) is 78.4 cm³/mol. The number of pyridine rings is 1. The number of aromatic nitrogens is 1. The Hall–Kier alpha value is -1.76. The van der Waals surface area contributed by atoms with E-state index >= 15 is 0 Å². The van der Waals surface area contributed by atoms with Crippen LogP contribution in [0.2, 0.25) is 0 Å². The monoisotopic (exact) mass is 315 g/mol. The molecule has 1 aromatic heterocycles. The number of fused-ring (bicyclic) bond motifs is 9. The van der Waals surface area contributed by atoms with Gasteiger partial charge in [-0.05, 0) is 12.1 Å². The number of rotatable bonds is 2. The molecule has 5 rings (SSSR count).